The van der Waals surface area contributed by atoms with E-state index < -0.39 is 0 Å². The van der Waals surface area contributed by atoms with Crippen LogP contribution in [0.2, 0.25) is 0 Å². The molecule has 0 aliphatic rings. The smallest absolute Gasteiger partial charge is 0.287 e. The summed E-state index contributed by atoms with van der Waals surface area (Å²) in [6.07, 6.45) is 6.32. The van der Waals surface area contributed by atoms with Gasteiger partial charge in [-0.05, 0) is 25.5 Å². The third-order valence-electron chi connectivity index (χ3n) is 3.07. The van der Waals surface area contributed by atoms with Gasteiger partial charge in [-0.1, -0.05) is 26.2 Å². The minimum Gasteiger partial charge on any atom is -0.459 e. The number of carbonyl (C=O) groups is 1. The Kier molecular flexibility index (Phi) is 9.57. The van der Waals surface area contributed by atoms with Crippen LogP contribution in [0, 0.1) is 0 Å². The molecule has 0 aromatic carbocycles. The second-order valence-electron chi connectivity index (χ2n) is 4.98. The Morgan fingerprint density at radius 2 is 1.95 bits per heavy atom. The third kappa shape index (κ3) is 7.71. The number of rotatable bonds is 10. The van der Waals surface area contributed by atoms with E-state index in [1.54, 1.807) is 12.1 Å². The van der Waals surface area contributed by atoms with Gasteiger partial charge < -0.3 is 20.4 Å². The number of unbranched alkanes of at least 4 members (excludes halogenated alkanes) is 3. The van der Waals surface area contributed by atoms with Crippen molar-refractivity contribution in [1.82, 2.24) is 16.0 Å². The Balaban J connectivity index is 2.20. The molecule has 0 bridgehead atoms. The van der Waals surface area contributed by atoms with Crippen LogP contribution < -0.4 is 16.0 Å². The molecule has 3 N–H and O–H groups in total. The highest BCUT2D eigenvalue weighted by Gasteiger charge is 2.06. The minimum absolute atomic E-state index is 0.201. The molecule has 1 amide bonds. The van der Waals surface area contributed by atoms with Gasteiger partial charge >= 0.3 is 0 Å². The van der Waals surface area contributed by atoms with E-state index in [9.17, 15) is 4.79 Å². The number of aliphatic imine (C=N–C) groups is 1. The van der Waals surface area contributed by atoms with Gasteiger partial charge in [0.05, 0.1) is 6.26 Å². The van der Waals surface area contributed by atoms with Crippen LogP contribution in [0.1, 0.15) is 50.1 Å². The lowest BCUT2D eigenvalue weighted by Crippen LogP contribution is -2.41. The summed E-state index contributed by atoms with van der Waals surface area (Å²) in [7, 11) is 0. The summed E-state index contributed by atoms with van der Waals surface area (Å²) in [6.45, 7) is 7.01. The van der Waals surface area contributed by atoms with Crippen molar-refractivity contribution >= 4 is 11.9 Å². The fourth-order valence-corrected chi connectivity index (χ4v) is 1.92. The topological polar surface area (TPSA) is 78.7 Å². The molecule has 0 aliphatic carbocycles. The van der Waals surface area contributed by atoms with Gasteiger partial charge in [0.1, 0.15) is 0 Å². The Morgan fingerprint density at radius 1 is 1.14 bits per heavy atom. The van der Waals surface area contributed by atoms with Crippen molar-refractivity contribution in [3.05, 3.63) is 24.2 Å². The van der Waals surface area contributed by atoms with Crippen LogP contribution in [-0.2, 0) is 0 Å². The SMILES string of the molecule is CCCCCCN=C(NCC)NCCNC(=O)c1ccco1. The van der Waals surface area contributed by atoms with Gasteiger partial charge in [-0.15, -0.1) is 0 Å². The first-order valence-electron chi connectivity index (χ1n) is 8.11. The maximum absolute atomic E-state index is 11.7. The third-order valence-corrected chi connectivity index (χ3v) is 3.07. The highest BCUT2D eigenvalue weighted by Crippen LogP contribution is 1.99. The first-order valence-corrected chi connectivity index (χ1v) is 8.11. The summed E-state index contributed by atoms with van der Waals surface area (Å²) in [5, 5.41) is 9.19. The Hall–Kier alpha value is -1.98. The second-order valence-corrected chi connectivity index (χ2v) is 4.98. The van der Waals surface area contributed by atoms with Crippen LogP contribution >= 0.6 is 0 Å². The summed E-state index contributed by atoms with van der Waals surface area (Å²) >= 11 is 0. The van der Waals surface area contributed by atoms with E-state index in [2.05, 4.69) is 27.9 Å². The average molecular weight is 308 g/mol. The molecule has 0 fully saturated rings. The maximum Gasteiger partial charge on any atom is 0.287 e. The quantitative estimate of drug-likeness (QED) is 0.351. The van der Waals surface area contributed by atoms with Crippen molar-refractivity contribution in [2.24, 2.45) is 4.99 Å². The molecule has 0 aliphatic heterocycles. The summed E-state index contributed by atoms with van der Waals surface area (Å²) in [5.74, 6) is 0.927. The van der Waals surface area contributed by atoms with Crippen LogP contribution in [-0.4, -0.2) is 38.0 Å². The molecular formula is C16H28N4O2. The lowest BCUT2D eigenvalue weighted by Gasteiger charge is -2.11. The van der Waals surface area contributed by atoms with Gasteiger partial charge in [0.2, 0.25) is 0 Å². The summed E-state index contributed by atoms with van der Waals surface area (Å²) in [4.78, 5) is 16.2. The maximum atomic E-state index is 11.7. The van der Waals surface area contributed by atoms with Gasteiger partial charge in [0.25, 0.3) is 5.91 Å². The number of amides is 1. The molecule has 0 atom stereocenters. The van der Waals surface area contributed by atoms with E-state index in [0.29, 0.717) is 18.8 Å². The Bertz CT molecular complexity index is 429. The largest absolute Gasteiger partial charge is 0.459 e. The molecular weight excluding hydrogens is 280 g/mol. The standard InChI is InChI=1S/C16H28N4O2/c1-3-5-6-7-10-19-16(17-4-2)20-12-11-18-15(21)14-9-8-13-22-14/h8-9,13H,3-7,10-12H2,1-2H3,(H,18,21)(H2,17,19,20). The number of guanidine groups is 1. The number of nitrogens with zero attached hydrogens (tertiary/aromatic N) is 1. The Labute approximate surface area is 132 Å². The van der Waals surface area contributed by atoms with E-state index in [-0.39, 0.29) is 5.91 Å². The molecule has 124 valence electrons. The summed E-state index contributed by atoms with van der Waals surface area (Å²) in [6, 6.07) is 3.34. The van der Waals surface area contributed by atoms with Gasteiger partial charge in [-0.3, -0.25) is 9.79 Å². The van der Waals surface area contributed by atoms with Crippen LogP contribution in [0.3, 0.4) is 0 Å². The molecule has 0 saturated carbocycles. The van der Waals surface area contributed by atoms with Crippen LogP contribution in [0.25, 0.3) is 0 Å². The monoisotopic (exact) mass is 308 g/mol. The first kappa shape index (κ1) is 18.1. The van der Waals surface area contributed by atoms with Gasteiger partial charge in [0, 0.05) is 26.2 Å². The second kappa shape index (κ2) is 11.7. The highest BCUT2D eigenvalue weighted by molar-refractivity contribution is 5.91. The van der Waals surface area contributed by atoms with Crippen molar-refractivity contribution in [3.8, 4) is 0 Å². The number of hydrogen-bond donors (Lipinski definition) is 3. The normalized spacial score (nSPS) is 11.3. The average Bonchev–Trinajstić information content (AvgIpc) is 3.05. The molecule has 0 spiro atoms. The number of furan rings is 1. The van der Waals surface area contributed by atoms with Gasteiger partial charge in [-0.2, -0.15) is 0 Å². The van der Waals surface area contributed by atoms with Crippen LogP contribution in [0.5, 0.6) is 0 Å². The van der Waals surface area contributed by atoms with E-state index in [0.717, 1.165) is 25.5 Å². The predicted octanol–water partition coefficient (Wildman–Crippen LogP) is 2.14. The van der Waals surface area contributed by atoms with Crippen molar-refractivity contribution in [2.45, 2.75) is 39.5 Å². The molecule has 6 heteroatoms. The van der Waals surface area contributed by atoms with Gasteiger partial charge in [-0.25, -0.2) is 0 Å². The van der Waals surface area contributed by atoms with E-state index in [4.69, 9.17) is 4.42 Å². The lowest BCUT2D eigenvalue weighted by atomic mass is 10.2. The van der Waals surface area contributed by atoms with E-state index in [1.165, 1.54) is 25.5 Å². The molecule has 1 aromatic heterocycles. The number of hydrogen-bond acceptors (Lipinski definition) is 3. The van der Waals surface area contributed by atoms with Crippen molar-refractivity contribution in [2.75, 3.05) is 26.2 Å². The molecule has 6 nitrogen and oxygen atoms in total. The molecule has 1 aromatic rings. The van der Waals surface area contributed by atoms with E-state index in [1.807, 2.05) is 6.92 Å². The lowest BCUT2D eigenvalue weighted by molar-refractivity contribution is 0.0926. The van der Waals surface area contributed by atoms with Crippen LogP contribution in [0.15, 0.2) is 27.8 Å². The minimum atomic E-state index is -0.201. The van der Waals surface area contributed by atoms with Crippen LogP contribution in [0.4, 0.5) is 0 Å². The van der Waals surface area contributed by atoms with Crippen molar-refractivity contribution in [1.29, 1.82) is 0 Å². The van der Waals surface area contributed by atoms with E-state index >= 15 is 0 Å². The molecule has 0 unspecified atom stereocenters. The molecule has 22 heavy (non-hydrogen) atoms. The zero-order valence-electron chi connectivity index (χ0n) is 13.7. The van der Waals surface area contributed by atoms with Crippen molar-refractivity contribution in [3.63, 3.8) is 0 Å². The van der Waals surface area contributed by atoms with Crippen molar-refractivity contribution < 1.29 is 9.21 Å². The summed E-state index contributed by atoms with van der Waals surface area (Å²) < 4.78 is 5.03. The molecule has 0 saturated heterocycles. The number of carbonyl (C=O) groups excluding carboxylic acids is 1. The zero-order chi connectivity index (χ0) is 16.0. The molecule has 1 heterocycles. The fraction of sp³-hybridized carbons (Fsp3) is 0.625. The van der Waals surface area contributed by atoms with Gasteiger partial charge in [0.15, 0.2) is 11.7 Å². The Morgan fingerprint density at radius 3 is 2.64 bits per heavy atom. The zero-order valence-corrected chi connectivity index (χ0v) is 13.7. The molecule has 0 radical (unpaired) electrons. The fourth-order valence-electron chi connectivity index (χ4n) is 1.92. The molecule has 1 rings (SSSR count). The number of nitrogens with one attached hydrogen (secondary N) is 3. The first-order chi connectivity index (χ1) is 10.8. The summed E-state index contributed by atoms with van der Waals surface area (Å²) in [5.41, 5.74) is 0. The highest BCUT2D eigenvalue weighted by atomic mass is 16.3. The predicted molar refractivity (Wildman–Crippen MR) is 89.2 cm³/mol.